The van der Waals surface area contributed by atoms with Crippen molar-refractivity contribution in [2.75, 3.05) is 30.7 Å². The molecule has 100 valence electrons. The maximum absolute atomic E-state index is 11.9. The van der Waals surface area contributed by atoms with Gasteiger partial charge in [-0.2, -0.15) is 0 Å². The first-order chi connectivity index (χ1) is 8.51. The zero-order chi connectivity index (χ0) is 13.5. The number of nitrogen functional groups attached to an aromatic ring is 1. The van der Waals surface area contributed by atoms with E-state index in [4.69, 9.17) is 5.73 Å². The van der Waals surface area contributed by atoms with Crippen LogP contribution in [0.1, 0.15) is 20.8 Å². The normalized spacial score (nSPS) is 10.9. The summed E-state index contributed by atoms with van der Waals surface area (Å²) in [6.07, 6.45) is 0. The smallest absolute Gasteiger partial charge is 0.238 e. The van der Waals surface area contributed by atoms with Crippen molar-refractivity contribution in [1.82, 2.24) is 4.90 Å². The molecule has 0 spiro atoms. The number of benzene rings is 1. The van der Waals surface area contributed by atoms with E-state index in [2.05, 4.69) is 31.0 Å². The van der Waals surface area contributed by atoms with Crippen LogP contribution in [0.3, 0.4) is 0 Å². The highest BCUT2D eigenvalue weighted by Gasteiger charge is 2.10. The molecule has 1 aromatic rings. The molecule has 1 amide bonds. The Kier molecular flexibility index (Phi) is 5.65. The molecule has 0 aliphatic carbocycles. The van der Waals surface area contributed by atoms with E-state index in [-0.39, 0.29) is 5.91 Å². The Morgan fingerprint density at radius 3 is 2.44 bits per heavy atom. The highest BCUT2D eigenvalue weighted by molar-refractivity contribution is 5.92. The lowest BCUT2D eigenvalue weighted by atomic mass is 10.2. The van der Waals surface area contributed by atoms with Crippen LogP contribution in [0.2, 0.25) is 0 Å². The first kappa shape index (κ1) is 14.5. The van der Waals surface area contributed by atoms with E-state index in [1.165, 1.54) is 0 Å². The zero-order valence-corrected chi connectivity index (χ0v) is 11.4. The van der Waals surface area contributed by atoms with Gasteiger partial charge in [0.05, 0.1) is 6.54 Å². The predicted molar refractivity (Wildman–Crippen MR) is 76.4 cm³/mol. The number of nitrogens with two attached hydrogens (primary N) is 1. The van der Waals surface area contributed by atoms with Crippen molar-refractivity contribution in [3.63, 3.8) is 0 Å². The molecule has 0 radical (unpaired) electrons. The largest absolute Gasteiger partial charge is 0.399 e. The summed E-state index contributed by atoms with van der Waals surface area (Å²) in [6.45, 7) is 8.62. The van der Waals surface area contributed by atoms with E-state index in [9.17, 15) is 4.79 Å². The van der Waals surface area contributed by atoms with Crippen LogP contribution in [-0.4, -0.2) is 30.4 Å². The summed E-state index contributed by atoms with van der Waals surface area (Å²) in [4.78, 5) is 14.0. The van der Waals surface area contributed by atoms with Gasteiger partial charge in [0.1, 0.15) is 0 Å². The van der Waals surface area contributed by atoms with Crippen molar-refractivity contribution in [2.45, 2.75) is 20.8 Å². The van der Waals surface area contributed by atoms with Gasteiger partial charge in [0.2, 0.25) is 5.91 Å². The van der Waals surface area contributed by atoms with Crippen molar-refractivity contribution >= 4 is 17.3 Å². The summed E-state index contributed by atoms with van der Waals surface area (Å²) in [5, 5.41) is 2.87. The van der Waals surface area contributed by atoms with Crippen molar-refractivity contribution in [3.8, 4) is 0 Å². The Labute approximate surface area is 109 Å². The minimum absolute atomic E-state index is 0.0160. The van der Waals surface area contributed by atoms with Gasteiger partial charge < -0.3 is 11.1 Å². The molecule has 3 N–H and O–H groups in total. The lowest BCUT2D eigenvalue weighted by Gasteiger charge is -2.21. The fraction of sp³-hybridized carbons (Fsp3) is 0.500. The van der Waals surface area contributed by atoms with E-state index in [0.717, 1.165) is 18.8 Å². The maximum atomic E-state index is 11.9. The summed E-state index contributed by atoms with van der Waals surface area (Å²) in [7, 11) is 0. The highest BCUT2D eigenvalue weighted by Crippen LogP contribution is 2.10. The predicted octanol–water partition coefficient (Wildman–Crippen LogP) is 2.19. The monoisotopic (exact) mass is 249 g/mol. The third-order valence-electron chi connectivity index (χ3n) is 2.63. The fourth-order valence-corrected chi connectivity index (χ4v) is 1.79. The molecule has 0 fully saturated rings. The molecule has 1 aromatic carbocycles. The average Bonchev–Trinajstić information content (AvgIpc) is 2.30. The number of amides is 1. The molecule has 0 bridgehead atoms. The second kappa shape index (κ2) is 7.01. The van der Waals surface area contributed by atoms with Crippen LogP contribution in [0.15, 0.2) is 24.3 Å². The first-order valence-electron chi connectivity index (χ1n) is 6.39. The lowest BCUT2D eigenvalue weighted by Crippen LogP contribution is -2.35. The number of nitrogens with zero attached hydrogens (tertiary/aromatic N) is 1. The van der Waals surface area contributed by atoms with Crippen molar-refractivity contribution in [2.24, 2.45) is 5.92 Å². The Bertz CT molecular complexity index is 373. The summed E-state index contributed by atoms with van der Waals surface area (Å²) >= 11 is 0. The second-order valence-corrected chi connectivity index (χ2v) is 4.89. The average molecular weight is 249 g/mol. The number of carbonyl (C=O) groups excluding carboxylic acids is 1. The van der Waals surface area contributed by atoms with E-state index in [1.807, 2.05) is 12.1 Å². The molecule has 4 heteroatoms. The van der Waals surface area contributed by atoms with Crippen LogP contribution < -0.4 is 11.1 Å². The summed E-state index contributed by atoms with van der Waals surface area (Å²) in [6, 6.07) is 7.18. The molecule has 4 nitrogen and oxygen atoms in total. The number of hydrogen-bond acceptors (Lipinski definition) is 3. The number of anilines is 2. The molecular weight excluding hydrogens is 226 g/mol. The van der Waals surface area contributed by atoms with E-state index < -0.39 is 0 Å². The Balaban J connectivity index is 2.47. The van der Waals surface area contributed by atoms with Crippen molar-refractivity contribution < 1.29 is 4.79 Å². The van der Waals surface area contributed by atoms with Gasteiger partial charge in [-0.25, -0.2) is 0 Å². The molecule has 0 saturated heterocycles. The molecule has 0 aromatic heterocycles. The number of hydrogen-bond donors (Lipinski definition) is 2. The van der Waals surface area contributed by atoms with Crippen LogP contribution in [-0.2, 0) is 4.79 Å². The Morgan fingerprint density at radius 1 is 1.33 bits per heavy atom. The molecule has 0 aliphatic heterocycles. The van der Waals surface area contributed by atoms with Crippen LogP contribution >= 0.6 is 0 Å². The van der Waals surface area contributed by atoms with Gasteiger partial charge in [-0.3, -0.25) is 9.69 Å². The summed E-state index contributed by atoms with van der Waals surface area (Å²) in [5.41, 5.74) is 7.08. The van der Waals surface area contributed by atoms with Gasteiger partial charge >= 0.3 is 0 Å². The SMILES string of the molecule is CCN(CC(=O)Nc1ccc(N)cc1)CC(C)C. The van der Waals surface area contributed by atoms with Crippen LogP contribution in [0, 0.1) is 5.92 Å². The summed E-state index contributed by atoms with van der Waals surface area (Å²) in [5.74, 6) is 0.580. The van der Waals surface area contributed by atoms with Gasteiger partial charge in [0.25, 0.3) is 0 Å². The molecule has 0 aliphatic rings. The Morgan fingerprint density at radius 2 is 1.94 bits per heavy atom. The van der Waals surface area contributed by atoms with Crippen LogP contribution in [0.5, 0.6) is 0 Å². The Hall–Kier alpha value is -1.55. The zero-order valence-electron chi connectivity index (χ0n) is 11.4. The van der Waals surface area contributed by atoms with E-state index >= 15 is 0 Å². The highest BCUT2D eigenvalue weighted by atomic mass is 16.2. The van der Waals surface area contributed by atoms with Gasteiger partial charge in [0, 0.05) is 17.9 Å². The van der Waals surface area contributed by atoms with Crippen molar-refractivity contribution in [3.05, 3.63) is 24.3 Å². The number of likely N-dealkylation sites (N-methyl/N-ethyl adjacent to an activating group) is 1. The second-order valence-electron chi connectivity index (χ2n) is 4.89. The molecule has 0 atom stereocenters. The third kappa shape index (κ3) is 5.19. The molecule has 0 unspecified atom stereocenters. The number of nitrogens with one attached hydrogen (secondary N) is 1. The van der Waals surface area contributed by atoms with E-state index in [1.54, 1.807) is 12.1 Å². The van der Waals surface area contributed by atoms with Crippen molar-refractivity contribution in [1.29, 1.82) is 0 Å². The summed E-state index contributed by atoms with van der Waals surface area (Å²) < 4.78 is 0. The van der Waals surface area contributed by atoms with Gasteiger partial charge in [-0.05, 0) is 36.7 Å². The third-order valence-corrected chi connectivity index (χ3v) is 2.63. The van der Waals surface area contributed by atoms with Crippen LogP contribution in [0.4, 0.5) is 11.4 Å². The topological polar surface area (TPSA) is 58.4 Å². The van der Waals surface area contributed by atoms with E-state index in [0.29, 0.717) is 18.2 Å². The number of rotatable bonds is 6. The van der Waals surface area contributed by atoms with Crippen LogP contribution in [0.25, 0.3) is 0 Å². The molecular formula is C14H23N3O. The van der Waals surface area contributed by atoms with Gasteiger partial charge in [-0.1, -0.05) is 20.8 Å². The molecule has 18 heavy (non-hydrogen) atoms. The molecule has 0 saturated carbocycles. The lowest BCUT2D eigenvalue weighted by molar-refractivity contribution is -0.117. The maximum Gasteiger partial charge on any atom is 0.238 e. The molecule has 1 rings (SSSR count). The first-order valence-corrected chi connectivity index (χ1v) is 6.39. The fourth-order valence-electron chi connectivity index (χ4n) is 1.79. The minimum Gasteiger partial charge on any atom is -0.399 e. The van der Waals surface area contributed by atoms with Gasteiger partial charge in [-0.15, -0.1) is 0 Å². The number of carbonyl (C=O) groups is 1. The quantitative estimate of drug-likeness (QED) is 0.760. The molecule has 0 heterocycles. The van der Waals surface area contributed by atoms with Gasteiger partial charge in [0.15, 0.2) is 0 Å². The standard InChI is InChI=1S/C14H23N3O/c1-4-17(9-11(2)3)10-14(18)16-13-7-5-12(15)6-8-13/h5-8,11H,4,9-10,15H2,1-3H3,(H,16,18). The minimum atomic E-state index is 0.0160.